The van der Waals surface area contributed by atoms with Crippen molar-refractivity contribution >= 4 is 0 Å². The van der Waals surface area contributed by atoms with Crippen LogP contribution in [0.1, 0.15) is 101 Å². The van der Waals surface area contributed by atoms with Crippen LogP contribution in [0.2, 0.25) is 0 Å². The number of benzene rings is 1. The van der Waals surface area contributed by atoms with Gasteiger partial charge in [0.1, 0.15) is 5.82 Å². The highest BCUT2D eigenvalue weighted by Gasteiger charge is 2.24. The summed E-state index contributed by atoms with van der Waals surface area (Å²) in [4.78, 5) is 9.74. The van der Waals surface area contributed by atoms with E-state index in [9.17, 15) is 0 Å². The zero-order valence-electron chi connectivity index (χ0n) is 18.2. The molecule has 1 aliphatic rings. The summed E-state index contributed by atoms with van der Waals surface area (Å²) in [6, 6.07) is 8.99. The number of unbranched alkanes of at least 4 members (excludes halogenated alkanes) is 3. The summed E-state index contributed by atoms with van der Waals surface area (Å²) in [5.74, 6) is 2.58. The van der Waals surface area contributed by atoms with E-state index in [1.54, 1.807) is 0 Å². The van der Waals surface area contributed by atoms with Gasteiger partial charge in [0.2, 0.25) is 0 Å². The Bertz CT molecular complexity index is 712. The monoisotopic (exact) mass is 378 g/mol. The first-order valence-corrected chi connectivity index (χ1v) is 11.6. The largest absolute Gasteiger partial charge is 0.240 e. The number of rotatable bonds is 9. The Balaban J connectivity index is 1.60. The number of hydrogen-bond acceptors (Lipinski definition) is 2. The van der Waals surface area contributed by atoms with Crippen molar-refractivity contribution in [3.8, 4) is 11.1 Å². The first kappa shape index (κ1) is 21.0. The topological polar surface area (TPSA) is 25.8 Å². The summed E-state index contributed by atoms with van der Waals surface area (Å²) in [5.41, 5.74) is 4.97. The van der Waals surface area contributed by atoms with Crippen LogP contribution in [0.15, 0.2) is 30.5 Å². The molecule has 0 bridgehead atoms. The van der Waals surface area contributed by atoms with E-state index >= 15 is 0 Å². The predicted octanol–water partition coefficient (Wildman–Crippen LogP) is 7.65. The van der Waals surface area contributed by atoms with E-state index in [1.807, 2.05) is 0 Å². The number of hydrogen-bond donors (Lipinski definition) is 0. The van der Waals surface area contributed by atoms with E-state index in [2.05, 4.69) is 51.2 Å². The average Bonchev–Trinajstić information content (AvgIpc) is 2.73. The van der Waals surface area contributed by atoms with Gasteiger partial charge in [0.15, 0.2) is 0 Å². The summed E-state index contributed by atoms with van der Waals surface area (Å²) < 4.78 is 0. The smallest absolute Gasteiger partial charge is 0.131 e. The van der Waals surface area contributed by atoms with Crippen molar-refractivity contribution in [3.63, 3.8) is 0 Å². The van der Waals surface area contributed by atoms with Crippen molar-refractivity contribution in [3.05, 3.63) is 47.5 Å². The number of aryl methyl sites for hydroxylation is 2. The van der Waals surface area contributed by atoms with Crippen LogP contribution in [-0.2, 0) is 6.42 Å². The maximum atomic E-state index is 4.93. The standard InChI is InChI=1S/C26H38N2/c1-4-6-8-10-22-13-17-24(18-14-22)26-27-19-25(20(3)28-26)23-15-11-21(12-16-23)9-7-5-2/h11-12,15-16,19,22,24H,4-10,13-14,17-18H2,1-3H3. The maximum absolute atomic E-state index is 4.93. The lowest BCUT2D eigenvalue weighted by atomic mass is 9.79. The van der Waals surface area contributed by atoms with E-state index in [-0.39, 0.29) is 0 Å². The lowest BCUT2D eigenvalue weighted by molar-refractivity contribution is 0.297. The van der Waals surface area contributed by atoms with Crippen LogP contribution in [-0.4, -0.2) is 9.97 Å². The van der Waals surface area contributed by atoms with E-state index in [0.29, 0.717) is 5.92 Å². The SMILES string of the molecule is CCCCCC1CCC(c2ncc(-c3ccc(CCCC)cc3)c(C)n2)CC1. The highest BCUT2D eigenvalue weighted by atomic mass is 14.9. The van der Waals surface area contributed by atoms with E-state index in [0.717, 1.165) is 17.4 Å². The Morgan fingerprint density at radius 3 is 2.25 bits per heavy atom. The van der Waals surface area contributed by atoms with Gasteiger partial charge >= 0.3 is 0 Å². The van der Waals surface area contributed by atoms with Crippen molar-refractivity contribution in [2.24, 2.45) is 5.92 Å². The van der Waals surface area contributed by atoms with Crippen LogP contribution < -0.4 is 0 Å². The molecule has 152 valence electrons. The summed E-state index contributed by atoms with van der Waals surface area (Å²) in [6.45, 7) is 6.68. The minimum absolute atomic E-state index is 0.562. The molecule has 0 N–H and O–H groups in total. The Kier molecular flexibility index (Phi) is 8.06. The van der Waals surface area contributed by atoms with Crippen molar-refractivity contribution < 1.29 is 0 Å². The number of nitrogens with zero attached hydrogens (tertiary/aromatic N) is 2. The molecule has 0 unspecified atom stereocenters. The molecule has 1 saturated carbocycles. The normalized spacial score (nSPS) is 19.7. The fourth-order valence-electron chi connectivity index (χ4n) is 4.59. The average molecular weight is 379 g/mol. The van der Waals surface area contributed by atoms with Crippen LogP contribution in [0.25, 0.3) is 11.1 Å². The highest BCUT2D eigenvalue weighted by molar-refractivity contribution is 5.65. The first-order chi connectivity index (χ1) is 13.7. The zero-order valence-corrected chi connectivity index (χ0v) is 18.2. The van der Waals surface area contributed by atoms with Gasteiger partial charge in [0, 0.05) is 23.4 Å². The van der Waals surface area contributed by atoms with Crippen LogP contribution in [0.5, 0.6) is 0 Å². The molecule has 1 aromatic heterocycles. The molecule has 3 rings (SSSR count). The molecule has 2 nitrogen and oxygen atoms in total. The first-order valence-electron chi connectivity index (χ1n) is 11.6. The molecule has 1 aliphatic carbocycles. The van der Waals surface area contributed by atoms with Gasteiger partial charge in [-0.25, -0.2) is 9.97 Å². The molecule has 28 heavy (non-hydrogen) atoms. The fraction of sp³-hybridized carbons (Fsp3) is 0.615. The molecule has 1 aromatic carbocycles. The quantitative estimate of drug-likeness (QED) is 0.419. The molecule has 0 spiro atoms. The second-order valence-corrected chi connectivity index (χ2v) is 8.74. The summed E-state index contributed by atoms with van der Waals surface area (Å²) in [5, 5.41) is 0. The maximum Gasteiger partial charge on any atom is 0.131 e. The minimum Gasteiger partial charge on any atom is -0.240 e. The van der Waals surface area contributed by atoms with Crippen LogP contribution in [0, 0.1) is 12.8 Å². The van der Waals surface area contributed by atoms with E-state index < -0.39 is 0 Å². The van der Waals surface area contributed by atoms with Crippen LogP contribution >= 0.6 is 0 Å². The minimum atomic E-state index is 0.562. The molecule has 0 saturated heterocycles. The second kappa shape index (κ2) is 10.7. The van der Waals surface area contributed by atoms with Gasteiger partial charge in [-0.05, 0) is 62.5 Å². The Morgan fingerprint density at radius 1 is 0.893 bits per heavy atom. The Labute approximate surface area is 172 Å². The summed E-state index contributed by atoms with van der Waals surface area (Å²) in [7, 11) is 0. The van der Waals surface area contributed by atoms with Gasteiger partial charge in [-0.1, -0.05) is 70.2 Å². The predicted molar refractivity (Wildman–Crippen MR) is 120 cm³/mol. The van der Waals surface area contributed by atoms with Gasteiger partial charge in [-0.2, -0.15) is 0 Å². The third-order valence-corrected chi connectivity index (χ3v) is 6.51. The van der Waals surface area contributed by atoms with Gasteiger partial charge in [0.05, 0.1) is 0 Å². The third kappa shape index (κ3) is 5.65. The van der Waals surface area contributed by atoms with Crippen molar-refractivity contribution in [1.82, 2.24) is 9.97 Å². The molecule has 1 fully saturated rings. The molecule has 1 heterocycles. The molecule has 2 aromatic rings. The second-order valence-electron chi connectivity index (χ2n) is 8.74. The number of aromatic nitrogens is 2. The Morgan fingerprint density at radius 2 is 1.61 bits per heavy atom. The van der Waals surface area contributed by atoms with Crippen molar-refractivity contribution in [2.45, 2.75) is 97.3 Å². The fourth-order valence-corrected chi connectivity index (χ4v) is 4.59. The summed E-state index contributed by atoms with van der Waals surface area (Å²) in [6.07, 6.45) is 16.5. The molecule has 0 aliphatic heterocycles. The summed E-state index contributed by atoms with van der Waals surface area (Å²) >= 11 is 0. The molecule has 0 atom stereocenters. The van der Waals surface area contributed by atoms with Gasteiger partial charge in [0.25, 0.3) is 0 Å². The van der Waals surface area contributed by atoms with Gasteiger partial charge in [-0.3, -0.25) is 0 Å². The molecule has 0 amide bonds. The van der Waals surface area contributed by atoms with Gasteiger partial charge in [-0.15, -0.1) is 0 Å². The van der Waals surface area contributed by atoms with Crippen molar-refractivity contribution in [1.29, 1.82) is 0 Å². The van der Waals surface area contributed by atoms with Crippen molar-refractivity contribution in [2.75, 3.05) is 0 Å². The molecular weight excluding hydrogens is 340 g/mol. The third-order valence-electron chi connectivity index (χ3n) is 6.51. The Hall–Kier alpha value is -1.70. The molecule has 2 heteroatoms. The van der Waals surface area contributed by atoms with E-state index in [1.165, 1.54) is 87.3 Å². The highest BCUT2D eigenvalue weighted by Crippen LogP contribution is 2.37. The molecular formula is C26H38N2. The lowest BCUT2D eigenvalue weighted by Gasteiger charge is -2.28. The van der Waals surface area contributed by atoms with Crippen LogP contribution in [0.3, 0.4) is 0 Å². The van der Waals surface area contributed by atoms with Crippen LogP contribution in [0.4, 0.5) is 0 Å². The van der Waals surface area contributed by atoms with Gasteiger partial charge < -0.3 is 0 Å². The van der Waals surface area contributed by atoms with E-state index in [4.69, 9.17) is 9.97 Å². The lowest BCUT2D eigenvalue weighted by Crippen LogP contribution is -2.16. The molecule has 0 radical (unpaired) electrons. The zero-order chi connectivity index (χ0) is 19.8.